The van der Waals surface area contributed by atoms with Gasteiger partial charge in [0, 0.05) is 11.7 Å². The van der Waals surface area contributed by atoms with Gasteiger partial charge in [-0.3, -0.25) is 0 Å². The summed E-state index contributed by atoms with van der Waals surface area (Å²) in [4.78, 5) is 11.2. The van der Waals surface area contributed by atoms with Crippen LogP contribution >= 0.6 is 12.2 Å². The summed E-state index contributed by atoms with van der Waals surface area (Å²) in [7, 11) is 0. The highest BCUT2D eigenvalue weighted by molar-refractivity contribution is 7.80. The van der Waals surface area contributed by atoms with Gasteiger partial charge in [0.25, 0.3) is 0 Å². The molecular weight excluding hydrogens is 256 g/mol. The van der Waals surface area contributed by atoms with Gasteiger partial charge in [-0.25, -0.2) is 9.97 Å². The zero-order chi connectivity index (χ0) is 13.4. The number of aromatic nitrogens is 2. The molecule has 1 aromatic heterocycles. The molecule has 19 heavy (non-hydrogen) atoms. The summed E-state index contributed by atoms with van der Waals surface area (Å²) < 4.78 is 0. The van der Waals surface area contributed by atoms with Crippen molar-refractivity contribution in [3.63, 3.8) is 0 Å². The third-order valence-corrected chi connectivity index (χ3v) is 3.55. The number of hydrogen-bond acceptors (Lipinski definition) is 4. The van der Waals surface area contributed by atoms with Gasteiger partial charge in [-0.15, -0.1) is 0 Å². The summed E-state index contributed by atoms with van der Waals surface area (Å²) in [6.45, 7) is 2.18. The van der Waals surface area contributed by atoms with Gasteiger partial charge >= 0.3 is 0 Å². The number of para-hydroxylation sites is 1. The standard InChI is InChI=1S/C14H14N4S/c1-9-6-10-4-2-3-5-12(10)18(9)13-8-16-11(7-17-13)14(15)19/h2-5,7-9H,6H2,1H3,(H2,15,19). The van der Waals surface area contributed by atoms with Gasteiger partial charge in [0.1, 0.15) is 10.7 Å². The second-order valence-electron chi connectivity index (χ2n) is 4.68. The first kappa shape index (κ1) is 12.0. The van der Waals surface area contributed by atoms with Crippen LogP contribution < -0.4 is 10.6 Å². The van der Waals surface area contributed by atoms with Gasteiger partial charge in [-0.1, -0.05) is 30.4 Å². The number of rotatable bonds is 2. The molecule has 5 heteroatoms. The summed E-state index contributed by atoms with van der Waals surface area (Å²) in [5, 5.41) is 0. The smallest absolute Gasteiger partial charge is 0.151 e. The monoisotopic (exact) mass is 270 g/mol. The number of thiocarbonyl (C=S) groups is 1. The SMILES string of the molecule is CC1Cc2ccccc2N1c1cnc(C(N)=S)cn1. The van der Waals surface area contributed by atoms with Crippen LogP contribution in [0.2, 0.25) is 0 Å². The minimum Gasteiger partial charge on any atom is -0.388 e. The second kappa shape index (κ2) is 4.59. The Bertz CT molecular complexity index is 624. The van der Waals surface area contributed by atoms with Crippen molar-refractivity contribution in [3.05, 3.63) is 47.9 Å². The van der Waals surface area contributed by atoms with Gasteiger partial charge < -0.3 is 10.6 Å². The maximum absolute atomic E-state index is 5.54. The summed E-state index contributed by atoms with van der Waals surface area (Å²) in [6.07, 6.45) is 4.38. The van der Waals surface area contributed by atoms with Gasteiger partial charge in [0.05, 0.1) is 12.4 Å². The van der Waals surface area contributed by atoms with Crippen LogP contribution in [0.25, 0.3) is 0 Å². The summed E-state index contributed by atoms with van der Waals surface area (Å²) in [6, 6.07) is 8.75. The summed E-state index contributed by atoms with van der Waals surface area (Å²) in [5.41, 5.74) is 8.64. The molecule has 0 bridgehead atoms. The van der Waals surface area contributed by atoms with Crippen molar-refractivity contribution < 1.29 is 0 Å². The molecule has 0 radical (unpaired) electrons. The highest BCUT2D eigenvalue weighted by Crippen LogP contribution is 2.36. The molecule has 0 aliphatic carbocycles. The molecule has 0 fully saturated rings. The van der Waals surface area contributed by atoms with E-state index in [1.807, 2.05) is 6.07 Å². The number of nitrogens with zero attached hydrogens (tertiary/aromatic N) is 3. The quantitative estimate of drug-likeness (QED) is 0.848. The Kier molecular flexibility index (Phi) is 2.91. The number of fused-ring (bicyclic) bond motifs is 1. The van der Waals surface area contributed by atoms with Gasteiger partial charge in [-0.2, -0.15) is 0 Å². The molecule has 1 aromatic carbocycles. The molecule has 2 heterocycles. The third-order valence-electron chi connectivity index (χ3n) is 3.34. The van der Waals surface area contributed by atoms with Crippen molar-refractivity contribution >= 4 is 28.7 Å². The normalized spacial score (nSPS) is 17.3. The fraction of sp³-hybridized carbons (Fsp3) is 0.214. The van der Waals surface area contributed by atoms with Crippen molar-refractivity contribution in [2.45, 2.75) is 19.4 Å². The molecule has 1 aliphatic heterocycles. The van der Waals surface area contributed by atoms with E-state index in [0.717, 1.165) is 12.2 Å². The molecule has 96 valence electrons. The lowest BCUT2D eigenvalue weighted by Crippen LogP contribution is -2.25. The van der Waals surface area contributed by atoms with Crippen LogP contribution in [0, 0.1) is 0 Å². The van der Waals surface area contributed by atoms with Crippen LogP contribution in [0.4, 0.5) is 11.5 Å². The maximum atomic E-state index is 5.54. The van der Waals surface area contributed by atoms with E-state index in [1.165, 1.54) is 11.3 Å². The molecule has 4 nitrogen and oxygen atoms in total. The van der Waals surface area contributed by atoms with Crippen LogP contribution in [0.1, 0.15) is 18.2 Å². The molecule has 0 spiro atoms. The molecule has 0 saturated carbocycles. The fourth-order valence-electron chi connectivity index (χ4n) is 2.49. The number of nitrogens with two attached hydrogens (primary N) is 1. The minimum absolute atomic E-state index is 0.272. The zero-order valence-corrected chi connectivity index (χ0v) is 11.4. The Labute approximate surface area is 117 Å². The zero-order valence-electron chi connectivity index (χ0n) is 10.6. The lowest BCUT2D eigenvalue weighted by Gasteiger charge is -2.23. The third kappa shape index (κ3) is 2.06. The van der Waals surface area contributed by atoms with Crippen molar-refractivity contribution in [2.75, 3.05) is 4.90 Å². The summed E-state index contributed by atoms with van der Waals surface area (Å²) >= 11 is 4.89. The molecule has 3 rings (SSSR count). The average Bonchev–Trinajstić information content (AvgIpc) is 2.74. The predicted octanol–water partition coefficient (Wildman–Crippen LogP) is 2.19. The molecule has 1 unspecified atom stereocenters. The molecule has 1 aliphatic rings. The molecule has 0 amide bonds. The van der Waals surface area contributed by atoms with E-state index in [0.29, 0.717) is 11.7 Å². The topological polar surface area (TPSA) is 55.0 Å². The number of hydrogen-bond donors (Lipinski definition) is 1. The Morgan fingerprint density at radius 3 is 2.79 bits per heavy atom. The first-order chi connectivity index (χ1) is 9.16. The minimum atomic E-state index is 0.272. The average molecular weight is 270 g/mol. The van der Waals surface area contributed by atoms with Crippen LogP contribution in [-0.2, 0) is 6.42 Å². The first-order valence-electron chi connectivity index (χ1n) is 6.16. The van der Waals surface area contributed by atoms with E-state index >= 15 is 0 Å². The molecule has 1 atom stereocenters. The van der Waals surface area contributed by atoms with Crippen LogP contribution in [0.3, 0.4) is 0 Å². The van der Waals surface area contributed by atoms with Crippen molar-refractivity contribution in [1.82, 2.24) is 9.97 Å². The number of anilines is 2. The lowest BCUT2D eigenvalue weighted by molar-refractivity contribution is 0.748. The highest BCUT2D eigenvalue weighted by atomic mass is 32.1. The summed E-state index contributed by atoms with van der Waals surface area (Å²) in [5.74, 6) is 0.831. The number of benzene rings is 1. The van der Waals surface area contributed by atoms with E-state index in [1.54, 1.807) is 12.4 Å². The van der Waals surface area contributed by atoms with E-state index in [4.69, 9.17) is 18.0 Å². The first-order valence-corrected chi connectivity index (χ1v) is 6.56. The van der Waals surface area contributed by atoms with E-state index in [9.17, 15) is 0 Å². The Balaban J connectivity index is 2.00. The van der Waals surface area contributed by atoms with Gasteiger partial charge in [0.15, 0.2) is 5.82 Å². The van der Waals surface area contributed by atoms with Crippen molar-refractivity contribution in [2.24, 2.45) is 5.73 Å². The van der Waals surface area contributed by atoms with E-state index < -0.39 is 0 Å². The second-order valence-corrected chi connectivity index (χ2v) is 5.12. The van der Waals surface area contributed by atoms with Crippen LogP contribution in [-0.4, -0.2) is 21.0 Å². The van der Waals surface area contributed by atoms with Crippen molar-refractivity contribution in [1.29, 1.82) is 0 Å². The van der Waals surface area contributed by atoms with Gasteiger partial charge in [0.2, 0.25) is 0 Å². The molecular formula is C14H14N4S. The Morgan fingerprint density at radius 1 is 1.32 bits per heavy atom. The molecule has 0 saturated heterocycles. The lowest BCUT2D eigenvalue weighted by atomic mass is 10.1. The van der Waals surface area contributed by atoms with Crippen molar-refractivity contribution in [3.8, 4) is 0 Å². The maximum Gasteiger partial charge on any atom is 0.151 e. The van der Waals surface area contributed by atoms with E-state index in [2.05, 4.69) is 40.0 Å². The predicted molar refractivity (Wildman–Crippen MR) is 79.7 cm³/mol. The van der Waals surface area contributed by atoms with Crippen LogP contribution in [0.5, 0.6) is 0 Å². The fourth-order valence-corrected chi connectivity index (χ4v) is 2.59. The molecule has 2 N–H and O–H groups in total. The van der Waals surface area contributed by atoms with Crippen LogP contribution in [0.15, 0.2) is 36.7 Å². The molecule has 2 aromatic rings. The van der Waals surface area contributed by atoms with E-state index in [-0.39, 0.29) is 4.99 Å². The van der Waals surface area contributed by atoms with Gasteiger partial charge in [-0.05, 0) is 25.0 Å². The Hall–Kier alpha value is -2.01. The highest BCUT2D eigenvalue weighted by Gasteiger charge is 2.27. The Morgan fingerprint density at radius 2 is 2.11 bits per heavy atom. The largest absolute Gasteiger partial charge is 0.388 e.